The highest BCUT2D eigenvalue weighted by molar-refractivity contribution is 5.34. The first-order valence-electron chi connectivity index (χ1n) is 8.25. The second-order valence-corrected chi connectivity index (χ2v) is 6.22. The minimum Gasteiger partial charge on any atom is -0.508 e. The summed E-state index contributed by atoms with van der Waals surface area (Å²) in [5.41, 5.74) is 1.04. The van der Waals surface area contributed by atoms with Gasteiger partial charge in [0.1, 0.15) is 5.75 Å². The van der Waals surface area contributed by atoms with Crippen LogP contribution in [0.15, 0.2) is 24.3 Å². The number of rotatable bonds is 6. The zero-order valence-corrected chi connectivity index (χ0v) is 12.9. The molecule has 0 bridgehead atoms. The van der Waals surface area contributed by atoms with Crippen molar-refractivity contribution in [2.75, 3.05) is 6.54 Å². The molecule has 0 heterocycles. The van der Waals surface area contributed by atoms with Gasteiger partial charge in [-0.05, 0) is 43.7 Å². The van der Waals surface area contributed by atoms with E-state index in [4.69, 9.17) is 0 Å². The number of aromatic hydroxyl groups is 1. The van der Waals surface area contributed by atoms with Gasteiger partial charge in [-0.3, -0.25) is 0 Å². The van der Waals surface area contributed by atoms with E-state index in [1.165, 1.54) is 32.1 Å². The fourth-order valence-electron chi connectivity index (χ4n) is 3.41. The van der Waals surface area contributed by atoms with E-state index in [0.717, 1.165) is 30.4 Å². The maximum Gasteiger partial charge on any atom is 0.120 e. The predicted molar refractivity (Wildman–Crippen MR) is 84.9 cm³/mol. The lowest BCUT2D eigenvalue weighted by molar-refractivity contribution is 0.255. The van der Waals surface area contributed by atoms with Crippen molar-refractivity contribution in [2.24, 2.45) is 11.8 Å². The molecule has 1 aromatic carbocycles. The van der Waals surface area contributed by atoms with Gasteiger partial charge < -0.3 is 10.4 Å². The van der Waals surface area contributed by atoms with Gasteiger partial charge in [-0.1, -0.05) is 51.3 Å². The van der Waals surface area contributed by atoms with Crippen LogP contribution in [0.5, 0.6) is 5.75 Å². The van der Waals surface area contributed by atoms with Crippen molar-refractivity contribution in [1.29, 1.82) is 0 Å². The number of benzene rings is 1. The first kappa shape index (κ1) is 15.4. The van der Waals surface area contributed by atoms with E-state index in [9.17, 15) is 5.11 Å². The lowest BCUT2D eigenvalue weighted by Crippen LogP contribution is -2.29. The Hall–Kier alpha value is -1.02. The number of para-hydroxylation sites is 1. The predicted octanol–water partition coefficient (Wildman–Crippen LogP) is 4.65. The molecule has 1 aromatic rings. The molecule has 1 unspecified atom stereocenters. The Kier molecular flexibility index (Phi) is 5.90. The molecule has 1 saturated carbocycles. The molecule has 0 aliphatic heterocycles. The lowest BCUT2D eigenvalue weighted by atomic mass is 9.81. The minimum absolute atomic E-state index is 0.278. The van der Waals surface area contributed by atoms with Crippen molar-refractivity contribution in [1.82, 2.24) is 5.32 Å². The average molecular weight is 275 g/mol. The van der Waals surface area contributed by atoms with E-state index in [1.807, 2.05) is 18.2 Å². The van der Waals surface area contributed by atoms with Crippen LogP contribution in [0, 0.1) is 11.8 Å². The first-order valence-corrected chi connectivity index (χ1v) is 8.25. The maximum atomic E-state index is 9.98. The molecule has 0 spiro atoms. The molecule has 0 amide bonds. The van der Waals surface area contributed by atoms with Crippen LogP contribution >= 0.6 is 0 Å². The van der Waals surface area contributed by atoms with Gasteiger partial charge in [0, 0.05) is 11.6 Å². The SMILES string of the molecule is CCC1CCC(CNC(CC)c2ccccc2O)CC1. The second kappa shape index (κ2) is 7.68. The van der Waals surface area contributed by atoms with Crippen molar-refractivity contribution in [2.45, 2.75) is 58.4 Å². The van der Waals surface area contributed by atoms with Crippen molar-refractivity contribution in [3.05, 3.63) is 29.8 Å². The molecule has 1 aliphatic rings. The summed E-state index contributed by atoms with van der Waals surface area (Å²) in [5.74, 6) is 2.20. The Morgan fingerprint density at radius 2 is 1.75 bits per heavy atom. The van der Waals surface area contributed by atoms with Gasteiger partial charge in [0.25, 0.3) is 0 Å². The molecule has 0 radical (unpaired) electrons. The van der Waals surface area contributed by atoms with Crippen LogP contribution in [0.25, 0.3) is 0 Å². The van der Waals surface area contributed by atoms with Gasteiger partial charge in [-0.2, -0.15) is 0 Å². The van der Waals surface area contributed by atoms with Gasteiger partial charge in [-0.15, -0.1) is 0 Å². The molecule has 2 heteroatoms. The Morgan fingerprint density at radius 1 is 1.10 bits per heavy atom. The summed E-state index contributed by atoms with van der Waals surface area (Å²) in [5, 5.41) is 13.6. The van der Waals surface area contributed by atoms with Crippen molar-refractivity contribution in [3.63, 3.8) is 0 Å². The number of phenolic OH excluding ortho intramolecular Hbond substituents is 1. The van der Waals surface area contributed by atoms with E-state index in [2.05, 4.69) is 19.2 Å². The van der Waals surface area contributed by atoms with Crippen LogP contribution in [-0.2, 0) is 0 Å². The van der Waals surface area contributed by atoms with Gasteiger partial charge in [-0.25, -0.2) is 0 Å². The molecule has 20 heavy (non-hydrogen) atoms. The maximum absolute atomic E-state index is 9.98. The molecule has 0 saturated heterocycles. The highest BCUT2D eigenvalue weighted by Gasteiger charge is 2.21. The van der Waals surface area contributed by atoms with Gasteiger partial charge in [0.05, 0.1) is 0 Å². The van der Waals surface area contributed by atoms with E-state index in [-0.39, 0.29) is 6.04 Å². The molecule has 0 aromatic heterocycles. The van der Waals surface area contributed by atoms with Gasteiger partial charge >= 0.3 is 0 Å². The molecular weight excluding hydrogens is 246 g/mol. The smallest absolute Gasteiger partial charge is 0.120 e. The van der Waals surface area contributed by atoms with Gasteiger partial charge in [0.2, 0.25) is 0 Å². The zero-order chi connectivity index (χ0) is 14.4. The first-order chi connectivity index (χ1) is 9.74. The van der Waals surface area contributed by atoms with Crippen LogP contribution in [0.3, 0.4) is 0 Å². The van der Waals surface area contributed by atoms with Gasteiger partial charge in [0.15, 0.2) is 0 Å². The lowest BCUT2D eigenvalue weighted by Gasteiger charge is -2.29. The van der Waals surface area contributed by atoms with Crippen LogP contribution < -0.4 is 5.32 Å². The average Bonchev–Trinajstić information content (AvgIpc) is 2.50. The van der Waals surface area contributed by atoms with E-state index < -0.39 is 0 Å². The summed E-state index contributed by atoms with van der Waals surface area (Å²) >= 11 is 0. The Labute approximate surface area is 123 Å². The van der Waals surface area contributed by atoms with Crippen LogP contribution in [0.2, 0.25) is 0 Å². The highest BCUT2D eigenvalue weighted by Crippen LogP contribution is 2.31. The normalized spacial score (nSPS) is 24.5. The van der Waals surface area contributed by atoms with Crippen molar-refractivity contribution >= 4 is 0 Å². The summed E-state index contributed by atoms with van der Waals surface area (Å²) in [6, 6.07) is 7.99. The third-order valence-electron chi connectivity index (χ3n) is 4.92. The molecule has 1 aliphatic carbocycles. The van der Waals surface area contributed by atoms with Crippen molar-refractivity contribution < 1.29 is 5.11 Å². The molecule has 2 N–H and O–H groups in total. The molecule has 2 rings (SSSR count). The highest BCUT2D eigenvalue weighted by atomic mass is 16.3. The topological polar surface area (TPSA) is 32.3 Å². The molecule has 2 nitrogen and oxygen atoms in total. The molecule has 1 atom stereocenters. The third-order valence-corrected chi connectivity index (χ3v) is 4.92. The molecule has 112 valence electrons. The van der Waals surface area contributed by atoms with Crippen LogP contribution in [0.4, 0.5) is 0 Å². The van der Waals surface area contributed by atoms with Crippen molar-refractivity contribution in [3.8, 4) is 5.75 Å². The Morgan fingerprint density at radius 3 is 2.35 bits per heavy atom. The Balaban J connectivity index is 1.84. The van der Waals surface area contributed by atoms with E-state index in [0.29, 0.717) is 5.75 Å². The summed E-state index contributed by atoms with van der Waals surface area (Å²) < 4.78 is 0. The quantitative estimate of drug-likeness (QED) is 0.792. The standard InChI is InChI=1S/C18H29NO/c1-3-14-9-11-15(12-10-14)13-19-17(4-2)16-7-5-6-8-18(16)20/h5-8,14-15,17,19-20H,3-4,9-13H2,1-2H3. The second-order valence-electron chi connectivity index (χ2n) is 6.22. The summed E-state index contributed by atoms with van der Waals surface area (Å²) in [7, 11) is 0. The minimum atomic E-state index is 0.278. The monoisotopic (exact) mass is 275 g/mol. The van der Waals surface area contributed by atoms with E-state index in [1.54, 1.807) is 6.07 Å². The third kappa shape index (κ3) is 3.99. The molecule has 1 fully saturated rings. The zero-order valence-electron chi connectivity index (χ0n) is 12.9. The Bertz CT molecular complexity index is 396. The number of phenols is 1. The molecular formula is C18H29NO. The fraction of sp³-hybridized carbons (Fsp3) is 0.667. The van der Waals surface area contributed by atoms with E-state index >= 15 is 0 Å². The summed E-state index contributed by atoms with van der Waals surface area (Å²) in [4.78, 5) is 0. The van der Waals surface area contributed by atoms with Crippen LogP contribution in [0.1, 0.15) is 64.0 Å². The summed E-state index contributed by atoms with van der Waals surface area (Å²) in [6.07, 6.45) is 7.88. The fourth-order valence-corrected chi connectivity index (χ4v) is 3.41. The summed E-state index contributed by atoms with van der Waals surface area (Å²) in [6.45, 7) is 5.58. The van der Waals surface area contributed by atoms with Crippen LogP contribution in [-0.4, -0.2) is 11.7 Å². The number of hydrogen-bond acceptors (Lipinski definition) is 2. The number of hydrogen-bond donors (Lipinski definition) is 2. The number of nitrogens with one attached hydrogen (secondary N) is 1. The largest absolute Gasteiger partial charge is 0.508 e.